The Labute approximate surface area is 216 Å². The molecule has 0 amide bonds. The molecule has 0 spiro atoms. The van der Waals surface area contributed by atoms with Crippen molar-refractivity contribution in [1.82, 2.24) is 19.7 Å². The maximum absolute atomic E-state index is 9.63. The van der Waals surface area contributed by atoms with Gasteiger partial charge >= 0.3 is 0 Å². The van der Waals surface area contributed by atoms with E-state index in [1.54, 1.807) is 18.2 Å². The van der Waals surface area contributed by atoms with Gasteiger partial charge in [-0.2, -0.15) is 5.10 Å². The van der Waals surface area contributed by atoms with E-state index >= 15 is 0 Å². The number of fused-ring (bicyclic) bond motifs is 1. The van der Waals surface area contributed by atoms with Gasteiger partial charge < -0.3 is 19.5 Å². The number of nitrogens with zero attached hydrogens (tertiary/aromatic N) is 4. The third kappa shape index (κ3) is 7.55. The Hall–Kier alpha value is -2.90. The molecule has 0 aliphatic carbocycles. The minimum absolute atomic E-state index is 0.0862. The second-order valence-electron chi connectivity index (χ2n) is 8.51. The molecule has 1 N–H and O–H groups in total. The van der Waals surface area contributed by atoms with Gasteiger partial charge in [0.25, 0.3) is 0 Å². The summed E-state index contributed by atoms with van der Waals surface area (Å²) in [6, 6.07) is 9.06. The van der Waals surface area contributed by atoms with Crippen LogP contribution >= 0.6 is 0 Å². The number of allylic oxidation sites excluding steroid dienone is 1. The fourth-order valence-corrected chi connectivity index (χ4v) is 4.16. The number of phenolic OH excluding ortho intramolecular Hbond substituents is 1. The van der Waals surface area contributed by atoms with Crippen molar-refractivity contribution in [1.29, 1.82) is 0 Å². The second kappa shape index (κ2) is 15.3. The summed E-state index contributed by atoms with van der Waals surface area (Å²) >= 11 is 0. The molecule has 1 aromatic carbocycles. The fourth-order valence-electron chi connectivity index (χ4n) is 4.16. The molecule has 198 valence electrons. The molecule has 36 heavy (non-hydrogen) atoms. The Morgan fingerprint density at radius 2 is 1.81 bits per heavy atom. The number of aromatic hydroxyl groups is 1. The first-order valence-corrected chi connectivity index (χ1v) is 13.3. The topological polar surface area (TPSA) is 72.6 Å². The maximum Gasteiger partial charge on any atom is 0.164 e. The number of ether oxygens (including phenoxy) is 2. The SMILES string of the molecule is C=CC.CC.CC.CN1CC(COc2cc(-c3ccc(O)cc3)nc3c2cnn3C2CCCCO2)C1. The highest BCUT2D eigenvalue weighted by Gasteiger charge is 2.25. The molecule has 0 radical (unpaired) electrons. The van der Waals surface area contributed by atoms with Crippen LogP contribution in [-0.2, 0) is 4.74 Å². The third-order valence-corrected chi connectivity index (χ3v) is 5.73. The molecule has 2 saturated heterocycles. The van der Waals surface area contributed by atoms with Crippen LogP contribution in [0.5, 0.6) is 11.5 Å². The van der Waals surface area contributed by atoms with Gasteiger partial charge in [0.1, 0.15) is 11.5 Å². The average molecular weight is 497 g/mol. The van der Waals surface area contributed by atoms with Crippen LogP contribution in [0, 0.1) is 5.92 Å². The molecule has 4 heterocycles. The van der Waals surface area contributed by atoms with Crippen LogP contribution in [0.3, 0.4) is 0 Å². The van der Waals surface area contributed by atoms with E-state index < -0.39 is 0 Å². The number of likely N-dealkylation sites (tertiary alicyclic amines) is 1. The molecular formula is C29H44N4O3. The van der Waals surface area contributed by atoms with E-state index in [4.69, 9.17) is 14.5 Å². The van der Waals surface area contributed by atoms with Crippen LogP contribution in [0.1, 0.15) is 60.1 Å². The van der Waals surface area contributed by atoms with Gasteiger partial charge in [0, 0.05) is 37.2 Å². The van der Waals surface area contributed by atoms with Crippen molar-refractivity contribution in [3.63, 3.8) is 0 Å². The molecule has 1 unspecified atom stereocenters. The molecule has 5 rings (SSSR count). The minimum Gasteiger partial charge on any atom is -0.508 e. The van der Waals surface area contributed by atoms with Gasteiger partial charge in [-0.15, -0.1) is 6.58 Å². The van der Waals surface area contributed by atoms with Crippen LogP contribution in [0.2, 0.25) is 0 Å². The first kappa shape index (κ1) is 29.3. The van der Waals surface area contributed by atoms with Crippen molar-refractivity contribution in [2.24, 2.45) is 5.92 Å². The monoisotopic (exact) mass is 496 g/mol. The smallest absolute Gasteiger partial charge is 0.164 e. The van der Waals surface area contributed by atoms with Crippen LogP contribution in [0.25, 0.3) is 22.3 Å². The molecule has 0 saturated carbocycles. The van der Waals surface area contributed by atoms with E-state index in [2.05, 4.69) is 23.6 Å². The van der Waals surface area contributed by atoms with Crippen molar-refractivity contribution in [2.75, 3.05) is 33.4 Å². The maximum atomic E-state index is 9.63. The lowest BCUT2D eigenvalue weighted by Crippen LogP contribution is -2.46. The summed E-state index contributed by atoms with van der Waals surface area (Å²) in [5.74, 6) is 1.59. The summed E-state index contributed by atoms with van der Waals surface area (Å²) in [5, 5.41) is 15.1. The van der Waals surface area contributed by atoms with Gasteiger partial charge in [-0.1, -0.05) is 33.8 Å². The van der Waals surface area contributed by atoms with Crippen LogP contribution in [0.15, 0.2) is 49.2 Å². The number of aromatic nitrogens is 3. The Balaban J connectivity index is 0.000000596. The molecule has 7 heteroatoms. The van der Waals surface area contributed by atoms with Gasteiger partial charge in [-0.3, -0.25) is 0 Å². The number of phenols is 1. The number of pyridine rings is 1. The van der Waals surface area contributed by atoms with Gasteiger partial charge in [0.15, 0.2) is 11.9 Å². The molecule has 2 aliphatic heterocycles. The van der Waals surface area contributed by atoms with E-state index in [0.29, 0.717) is 12.5 Å². The van der Waals surface area contributed by atoms with Crippen LogP contribution in [-0.4, -0.2) is 58.1 Å². The molecule has 0 bridgehead atoms. The Morgan fingerprint density at radius 3 is 2.39 bits per heavy atom. The number of hydrogen-bond donors (Lipinski definition) is 1. The number of benzene rings is 1. The minimum atomic E-state index is -0.0862. The summed E-state index contributed by atoms with van der Waals surface area (Å²) < 4.78 is 14.1. The number of hydrogen-bond acceptors (Lipinski definition) is 6. The molecule has 7 nitrogen and oxygen atoms in total. The molecular weight excluding hydrogens is 452 g/mol. The Morgan fingerprint density at radius 1 is 1.14 bits per heavy atom. The first-order chi connectivity index (χ1) is 17.6. The highest BCUT2D eigenvalue weighted by Crippen LogP contribution is 2.34. The van der Waals surface area contributed by atoms with E-state index in [1.807, 2.05) is 63.7 Å². The van der Waals surface area contributed by atoms with Crippen molar-refractivity contribution in [2.45, 2.75) is 60.1 Å². The van der Waals surface area contributed by atoms with Crippen LogP contribution in [0.4, 0.5) is 0 Å². The molecule has 2 aliphatic rings. The van der Waals surface area contributed by atoms with E-state index in [1.165, 1.54) is 0 Å². The van der Waals surface area contributed by atoms with Crippen molar-refractivity contribution >= 4 is 11.0 Å². The lowest BCUT2D eigenvalue weighted by molar-refractivity contribution is -0.0370. The summed E-state index contributed by atoms with van der Waals surface area (Å²) in [5.41, 5.74) is 2.51. The summed E-state index contributed by atoms with van der Waals surface area (Å²) in [7, 11) is 2.12. The zero-order valence-corrected chi connectivity index (χ0v) is 22.9. The van der Waals surface area contributed by atoms with Gasteiger partial charge in [-0.05, 0) is 57.5 Å². The van der Waals surface area contributed by atoms with Gasteiger partial charge in [0.2, 0.25) is 0 Å². The standard InChI is InChI=1S/C22H26N4O3.C3H6.2C2H6/c1-25-12-15(13-25)14-29-20-10-19(16-5-7-17(27)8-6-16)24-22-18(20)11-23-26(22)21-4-2-3-9-28-21;1-3-2;2*1-2/h5-8,10-11,15,21,27H,2-4,9,12-14H2,1H3;3H,1H2,2H3;2*1-2H3. The van der Waals surface area contributed by atoms with Crippen molar-refractivity contribution in [3.8, 4) is 22.8 Å². The first-order valence-electron chi connectivity index (χ1n) is 13.3. The normalized spacial score (nSPS) is 17.3. The summed E-state index contributed by atoms with van der Waals surface area (Å²) in [6.45, 7) is 16.8. The van der Waals surface area contributed by atoms with Crippen LogP contribution < -0.4 is 4.74 Å². The van der Waals surface area contributed by atoms with Gasteiger partial charge in [-0.25, -0.2) is 9.67 Å². The third-order valence-electron chi connectivity index (χ3n) is 5.73. The molecule has 2 fully saturated rings. The van der Waals surface area contributed by atoms with Gasteiger partial charge in [0.05, 0.1) is 23.9 Å². The highest BCUT2D eigenvalue weighted by molar-refractivity contribution is 5.85. The molecule has 2 aromatic heterocycles. The summed E-state index contributed by atoms with van der Waals surface area (Å²) in [4.78, 5) is 7.18. The van der Waals surface area contributed by atoms with E-state index in [-0.39, 0.29) is 12.0 Å². The zero-order chi connectivity index (χ0) is 26.5. The predicted octanol–water partition coefficient (Wildman–Crippen LogP) is 6.69. The quantitative estimate of drug-likeness (QED) is 0.397. The fraction of sp³-hybridized carbons (Fsp3) is 0.517. The Kier molecular flexibility index (Phi) is 12.4. The molecule has 1 atom stereocenters. The zero-order valence-electron chi connectivity index (χ0n) is 22.9. The van der Waals surface area contributed by atoms with Crippen molar-refractivity contribution in [3.05, 3.63) is 49.2 Å². The van der Waals surface area contributed by atoms with E-state index in [0.717, 1.165) is 67.0 Å². The lowest BCUT2D eigenvalue weighted by atomic mass is 10.0. The average Bonchev–Trinajstić information content (AvgIpc) is 3.34. The van der Waals surface area contributed by atoms with Crippen molar-refractivity contribution < 1.29 is 14.6 Å². The highest BCUT2D eigenvalue weighted by atomic mass is 16.5. The lowest BCUT2D eigenvalue weighted by Gasteiger charge is -2.35. The van der Waals surface area contributed by atoms with E-state index in [9.17, 15) is 5.11 Å². The second-order valence-corrected chi connectivity index (χ2v) is 8.51. The number of rotatable bonds is 5. The predicted molar refractivity (Wildman–Crippen MR) is 149 cm³/mol. The molecule has 3 aromatic rings. The largest absolute Gasteiger partial charge is 0.508 e. The summed E-state index contributed by atoms with van der Waals surface area (Å²) in [6.07, 6.45) is 6.65. The Bertz CT molecular complexity index is 1040.